The zero-order valence-electron chi connectivity index (χ0n) is 13.1. The Balaban J connectivity index is 2.60. The van der Waals surface area contributed by atoms with Gasteiger partial charge < -0.3 is 15.0 Å². The summed E-state index contributed by atoms with van der Waals surface area (Å²) in [4.78, 5) is 22.9. The first-order valence-electron chi connectivity index (χ1n) is 6.91. The molecule has 1 rings (SSSR count). The highest BCUT2D eigenvalue weighted by Gasteiger charge is 2.42. The van der Waals surface area contributed by atoms with Gasteiger partial charge in [0.15, 0.2) is 6.61 Å². The van der Waals surface area contributed by atoms with E-state index < -0.39 is 18.1 Å². The predicted molar refractivity (Wildman–Crippen MR) is 78.0 cm³/mol. The van der Waals surface area contributed by atoms with Gasteiger partial charge in [0.25, 0.3) is 5.91 Å². The van der Waals surface area contributed by atoms with Gasteiger partial charge >= 0.3 is 12.1 Å². The molecular formula is C15H19F3N2O3. The van der Waals surface area contributed by atoms with Gasteiger partial charge in [-0.05, 0) is 31.0 Å². The molecule has 1 atom stereocenters. The molecule has 5 nitrogen and oxygen atoms in total. The van der Waals surface area contributed by atoms with Crippen LogP contribution in [0.5, 0.6) is 5.75 Å². The van der Waals surface area contributed by atoms with E-state index in [-0.39, 0.29) is 18.9 Å². The van der Waals surface area contributed by atoms with Gasteiger partial charge in [-0.3, -0.25) is 9.59 Å². The second kappa shape index (κ2) is 7.85. The fourth-order valence-electron chi connectivity index (χ4n) is 1.82. The van der Waals surface area contributed by atoms with Crippen molar-refractivity contribution in [2.45, 2.75) is 25.6 Å². The van der Waals surface area contributed by atoms with Crippen LogP contribution in [0.25, 0.3) is 0 Å². The highest BCUT2D eigenvalue weighted by molar-refractivity contribution is 5.81. The lowest BCUT2D eigenvalue weighted by molar-refractivity contribution is -0.185. The second-order valence-electron chi connectivity index (χ2n) is 5.07. The minimum absolute atomic E-state index is 0.116. The van der Waals surface area contributed by atoms with Gasteiger partial charge in [0.2, 0.25) is 0 Å². The number of likely N-dealkylation sites (N-methyl/N-ethyl adjacent to an activating group) is 2. The average Bonchev–Trinajstić information content (AvgIpc) is 2.51. The molecule has 0 fully saturated rings. The number of benzene rings is 1. The lowest BCUT2D eigenvalue weighted by atomic mass is 10.1. The zero-order chi connectivity index (χ0) is 17.6. The molecule has 0 heterocycles. The number of nitrogens with one attached hydrogen (secondary N) is 1. The minimum Gasteiger partial charge on any atom is -0.484 e. The maximum atomic E-state index is 12.4. The standard InChI is InChI=1S/C15H19F3N2O3/c1-10(20(3)14(22)15(16,17)18)8-11-4-6-12(7-5-11)23-9-13(21)19-2/h4-7,10H,8-9H2,1-3H3,(H,19,21). The summed E-state index contributed by atoms with van der Waals surface area (Å²) in [7, 11) is 2.62. The molecule has 0 saturated heterocycles. The molecule has 1 aromatic rings. The summed E-state index contributed by atoms with van der Waals surface area (Å²) in [5.41, 5.74) is 0.756. The lowest BCUT2D eigenvalue weighted by Gasteiger charge is -2.25. The van der Waals surface area contributed by atoms with E-state index in [0.717, 1.165) is 12.6 Å². The van der Waals surface area contributed by atoms with Crippen LogP contribution in [0, 0.1) is 0 Å². The first-order valence-corrected chi connectivity index (χ1v) is 6.91. The fourth-order valence-corrected chi connectivity index (χ4v) is 1.82. The van der Waals surface area contributed by atoms with Crippen LogP contribution in [0.3, 0.4) is 0 Å². The summed E-state index contributed by atoms with van der Waals surface area (Å²) < 4.78 is 42.4. The number of nitrogens with zero attached hydrogens (tertiary/aromatic N) is 1. The van der Waals surface area contributed by atoms with Crippen molar-refractivity contribution in [3.8, 4) is 5.75 Å². The van der Waals surface area contributed by atoms with Gasteiger partial charge in [-0.15, -0.1) is 0 Å². The van der Waals surface area contributed by atoms with Crippen LogP contribution in [-0.2, 0) is 16.0 Å². The van der Waals surface area contributed by atoms with Crippen LogP contribution in [0.1, 0.15) is 12.5 Å². The largest absolute Gasteiger partial charge is 0.484 e. The molecule has 128 valence electrons. The van der Waals surface area contributed by atoms with Gasteiger partial charge in [0.05, 0.1) is 0 Å². The van der Waals surface area contributed by atoms with Crippen molar-refractivity contribution in [2.75, 3.05) is 20.7 Å². The second-order valence-corrected chi connectivity index (χ2v) is 5.07. The van der Waals surface area contributed by atoms with Crippen LogP contribution in [0.4, 0.5) is 13.2 Å². The molecular weight excluding hydrogens is 313 g/mol. The van der Waals surface area contributed by atoms with Crippen molar-refractivity contribution in [1.29, 1.82) is 0 Å². The Morgan fingerprint density at radius 2 is 1.83 bits per heavy atom. The predicted octanol–water partition coefficient (Wildman–Crippen LogP) is 1.76. The number of hydrogen-bond donors (Lipinski definition) is 1. The minimum atomic E-state index is -4.87. The van der Waals surface area contributed by atoms with E-state index in [9.17, 15) is 22.8 Å². The summed E-state index contributed by atoms with van der Waals surface area (Å²) in [6.45, 7) is 1.43. The van der Waals surface area contributed by atoms with E-state index >= 15 is 0 Å². The third-order valence-electron chi connectivity index (χ3n) is 3.33. The number of hydrogen-bond acceptors (Lipinski definition) is 3. The number of carbonyl (C=O) groups excluding carboxylic acids is 2. The maximum absolute atomic E-state index is 12.4. The molecule has 8 heteroatoms. The highest BCUT2D eigenvalue weighted by atomic mass is 19.4. The molecule has 0 bridgehead atoms. The Kier molecular flexibility index (Phi) is 6.41. The van der Waals surface area contributed by atoms with E-state index in [1.54, 1.807) is 31.2 Å². The highest BCUT2D eigenvalue weighted by Crippen LogP contribution is 2.20. The first-order chi connectivity index (χ1) is 10.6. The van der Waals surface area contributed by atoms with Crippen molar-refractivity contribution in [3.63, 3.8) is 0 Å². The molecule has 0 radical (unpaired) electrons. The molecule has 2 amide bonds. The summed E-state index contributed by atoms with van der Waals surface area (Å²) in [6, 6.07) is 6.00. The lowest BCUT2D eigenvalue weighted by Crippen LogP contribution is -2.44. The van der Waals surface area contributed by atoms with Gasteiger partial charge in [-0.25, -0.2) is 0 Å². The van der Waals surface area contributed by atoms with Crippen LogP contribution in [0.2, 0.25) is 0 Å². The molecule has 0 aliphatic heterocycles. The Morgan fingerprint density at radius 3 is 2.30 bits per heavy atom. The van der Waals surface area contributed by atoms with E-state index in [2.05, 4.69) is 5.32 Å². The quantitative estimate of drug-likeness (QED) is 0.864. The van der Waals surface area contributed by atoms with Crippen molar-refractivity contribution >= 4 is 11.8 Å². The van der Waals surface area contributed by atoms with Crippen molar-refractivity contribution in [2.24, 2.45) is 0 Å². The maximum Gasteiger partial charge on any atom is 0.471 e. The average molecular weight is 332 g/mol. The van der Waals surface area contributed by atoms with Crippen LogP contribution >= 0.6 is 0 Å². The molecule has 0 spiro atoms. The molecule has 0 aromatic heterocycles. The van der Waals surface area contributed by atoms with Crippen molar-refractivity contribution in [1.82, 2.24) is 10.2 Å². The van der Waals surface area contributed by atoms with Crippen LogP contribution < -0.4 is 10.1 Å². The zero-order valence-corrected chi connectivity index (χ0v) is 13.1. The number of halogens is 3. The monoisotopic (exact) mass is 332 g/mol. The first kappa shape index (κ1) is 18.8. The SMILES string of the molecule is CNC(=O)COc1ccc(CC(C)N(C)C(=O)C(F)(F)F)cc1. The number of carbonyl (C=O) groups is 2. The molecule has 0 aliphatic carbocycles. The van der Waals surface area contributed by atoms with E-state index in [4.69, 9.17) is 4.74 Å². The van der Waals surface area contributed by atoms with Gasteiger partial charge in [-0.1, -0.05) is 12.1 Å². The Hall–Kier alpha value is -2.25. The molecule has 0 aliphatic rings. The Labute approximate surface area is 132 Å². The van der Waals surface area contributed by atoms with E-state index in [1.165, 1.54) is 7.05 Å². The number of rotatable bonds is 6. The van der Waals surface area contributed by atoms with Gasteiger partial charge in [-0.2, -0.15) is 13.2 Å². The molecule has 0 saturated carbocycles. The third-order valence-corrected chi connectivity index (χ3v) is 3.33. The molecule has 1 N–H and O–H groups in total. The Morgan fingerprint density at radius 1 is 1.26 bits per heavy atom. The summed E-state index contributed by atoms with van der Waals surface area (Å²) in [5, 5.41) is 2.41. The van der Waals surface area contributed by atoms with Crippen molar-refractivity contribution in [3.05, 3.63) is 29.8 Å². The van der Waals surface area contributed by atoms with Crippen LogP contribution in [-0.4, -0.2) is 49.6 Å². The van der Waals surface area contributed by atoms with Gasteiger partial charge in [0.1, 0.15) is 5.75 Å². The summed E-state index contributed by atoms with van der Waals surface area (Å²) in [5.74, 6) is -1.66. The van der Waals surface area contributed by atoms with Crippen LogP contribution in [0.15, 0.2) is 24.3 Å². The molecule has 1 aromatic carbocycles. The summed E-state index contributed by atoms with van der Waals surface area (Å²) in [6.07, 6.45) is -4.60. The Bertz CT molecular complexity index is 544. The topological polar surface area (TPSA) is 58.6 Å². The smallest absolute Gasteiger partial charge is 0.471 e. The summed E-state index contributed by atoms with van der Waals surface area (Å²) >= 11 is 0. The molecule has 23 heavy (non-hydrogen) atoms. The number of alkyl halides is 3. The normalized spacial score (nSPS) is 12.4. The number of amides is 2. The number of ether oxygens (including phenoxy) is 1. The molecule has 1 unspecified atom stereocenters. The fraction of sp³-hybridized carbons (Fsp3) is 0.467. The van der Waals surface area contributed by atoms with Crippen molar-refractivity contribution < 1.29 is 27.5 Å². The third kappa shape index (κ3) is 5.80. The van der Waals surface area contributed by atoms with E-state index in [0.29, 0.717) is 10.6 Å². The van der Waals surface area contributed by atoms with E-state index in [1.807, 2.05) is 0 Å². The van der Waals surface area contributed by atoms with Gasteiger partial charge in [0, 0.05) is 20.1 Å².